The van der Waals surface area contributed by atoms with Crippen LogP contribution < -0.4 is 0 Å². The molecule has 1 aromatic carbocycles. The Kier molecular flexibility index (Phi) is 3.06. The summed E-state index contributed by atoms with van der Waals surface area (Å²) in [6.07, 6.45) is 3.70. The van der Waals surface area contributed by atoms with Crippen LogP contribution in [-0.2, 0) is 4.79 Å². The zero-order chi connectivity index (χ0) is 13.4. The zero-order valence-corrected chi connectivity index (χ0v) is 11.2. The first kappa shape index (κ1) is 12.3. The largest absolute Gasteiger partial charge is 0.329 e. The number of hydrogen-bond donors (Lipinski definition) is 0. The summed E-state index contributed by atoms with van der Waals surface area (Å²) in [6, 6.07) is 8.57. The molecule has 5 heteroatoms. The smallest absolute Gasteiger partial charge is 0.233 e. The fraction of sp³-hybridized carbons (Fsp3) is 0.214. The average molecular weight is 276 g/mol. The standard InChI is InChI=1S/C14H13FN2OS/c1-16-13(18)9-19-14(16)10-6-7-17(8-10)12-5-3-2-4-11(12)15/h2-8,14H,9H2,1H3. The summed E-state index contributed by atoms with van der Waals surface area (Å²) in [7, 11) is 1.80. The third kappa shape index (κ3) is 2.14. The first-order valence-electron chi connectivity index (χ1n) is 5.97. The topological polar surface area (TPSA) is 25.2 Å². The first-order valence-corrected chi connectivity index (χ1v) is 7.02. The van der Waals surface area contributed by atoms with Gasteiger partial charge in [-0.2, -0.15) is 0 Å². The van der Waals surface area contributed by atoms with Crippen LogP contribution in [0.1, 0.15) is 10.9 Å². The SMILES string of the molecule is CN1C(=O)CSC1c1ccn(-c2ccccc2F)c1. The molecule has 1 unspecified atom stereocenters. The Labute approximate surface area is 115 Å². The van der Waals surface area contributed by atoms with Crippen molar-refractivity contribution in [2.45, 2.75) is 5.37 Å². The predicted molar refractivity (Wildman–Crippen MR) is 73.7 cm³/mol. The van der Waals surface area contributed by atoms with Crippen molar-refractivity contribution in [2.75, 3.05) is 12.8 Å². The lowest BCUT2D eigenvalue weighted by molar-refractivity contribution is -0.126. The lowest BCUT2D eigenvalue weighted by Gasteiger charge is -2.17. The van der Waals surface area contributed by atoms with Gasteiger partial charge >= 0.3 is 0 Å². The lowest BCUT2D eigenvalue weighted by atomic mass is 10.3. The minimum atomic E-state index is -0.256. The van der Waals surface area contributed by atoms with E-state index in [0.717, 1.165) is 5.56 Å². The Balaban J connectivity index is 1.92. The molecule has 98 valence electrons. The van der Waals surface area contributed by atoms with Crippen molar-refractivity contribution in [3.8, 4) is 5.69 Å². The molecule has 0 aliphatic carbocycles. The summed E-state index contributed by atoms with van der Waals surface area (Å²) < 4.78 is 15.5. The van der Waals surface area contributed by atoms with Crippen molar-refractivity contribution >= 4 is 17.7 Å². The van der Waals surface area contributed by atoms with E-state index in [1.165, 1.54) is 6.07 Å². The van der Waals surface area contributed by atoms with Gasteiger partial charge in [-0.3, -0.25) is 4.79 Å². The Morgan fingerprint density at radius 2 is 2.11 bits per heavy atom. The van der Waals surface area contributed by atoms with Crippen molar-refractivity contribution < 1.29 is 9.18 Å². The Morgan fingerprint density at radius 3 is 2.79 bits per heavy atom. The van der Waals surface area contributed by atoms with Crippen molar-refractivity contribution in [3.05, 3.63) is 54.1 Å². The van der Waals surface area contributed by atoms with Gasteiger partial charge in [0.25, 0.3) is 0 Å². The van der Waals surface area contributed by atoms with E-state index >= 15 is 0 Å². The predicted octanol–water partition coefficient (Wildman–Crippen LogP) is 2.82. The van der Waals surface area contributed by atoms with Gasteiger partial charge in [0.05, 0.1) is 11.4 Å². The molecule has 2 heterocycles. The molecule has 1 aliphatic heterocycles. The van der Waals surface area contributed by atoms with Crippen LogP contribution in [0, 0.1) is 5.82 Å². The number of halogens is 1. The molecule has 1 saturated heterocycles. The normalized spacial score (nSPS) is 19.2. The van der Waals surface area contributed by atoms with Crippen LogP contribution in [0.5, 0.6) is 0 Å². The average Bonchev–Trinajstić information content (AvgIpc) is 2.99. The van der Waals surface area contributed by atoms with Crippen molar-refractivity contribution in [1.29, 1.82) is 0 Å². The number of nitrogens with zero attached hydrogens (tertiary/aromatic N) is 2. The maximum Gasteiger partial charge on any atom is 0.233 e. The maximum atomic E-state index is 13.7. The Bertz CT molecular complexity index is 625. The molecule has 0 N–H and O–H groups in total. The van der Waals surface area contributed by atoms with Crippen LogP contribution in [0.2, 0.25) is 0 Å². The van der Waals surface area contributed by atoms with Crippen molar-refractivity contribution in [2.24, 2.45) is 0 Å². The van der Waals surface area contributed by atoms with Gasteiger partial charge in [0, 0.05) is 25.0 Å². The number of thioether (sulfide) groups is 1. The van der Waals surface area contributed by atoms with E-state index in [-0.39, 0.29) is 17.1 Å². The third-order valence-corrected chi connectivity index (χ3v) is 4.56. The van der Waals surface area contributed by atoms with Gasteiger partial charge in [-0.25, -0.2) is 4.39 Å². The van der Waals surface area contributed by atoms with Crippen LogP contribution in [0.25, 0.3) is 5.69 Å². The van der Waals surface area contributed by atoms with E-state index in [1.54, 1.807) is 46.5 Å². The van der Waals surface area contributed by atoms with Gasteiger partial charge in [0.15, 0.2) is 0 Å². The van der Waals surface area contributed by atoms with Gasteiger partial charge < -0.3 is 9.47 Å². The summed E-state index contributed by atoms with van der Waals surface area (Å²) in [5.74, 6) is 0.383. The highest BCUT2D eigenvalue weighted by Crippen LogP contribution is 2.37. The van der Waals surface area contributed by atoms with Crippen molar-refractivity contribution in [1.82, 2.24) is 9.47 Å². The van der Waals surface area contributed by atoms with E-state index in [2.05, 4.69) is 0 Å². The number of benzene rings is 1. The molecule has 3 nitrogen and oxygen atoms in total. The molecule has 3 rings (SSSR count). The zero-order valence-electron chi connectivity index (χ0n) is 10.4. The van der Waals surface area contributed by atoms with Crippen LogP contribution >= 0.6 is 11.8 Å². The van der Waals surface area contributed by atoms with Gasteiger partial charge in [-0.05, 0) is 18.2 Å². The monoisotopic (exact) mass is 276 g/mol. The molecule has 1 aromatic heterocycles. The fourth-order valence-corrected chi connectivity index (χ4v) is 3.36. The summed E-state index contributed by atoms with van der Waals surface area (Å²) in [6.45, 7) is 0. The van der Waals surface area contributed by atoms with E-state index in [4.69, 9.17) is 0 Å². The van der Waals surface area contributed by atoms with Gasteiger partial charge in [0.2, 0.25) is 5.91 Å². The number of amides is 1. The highest BCUT2D eigenvalue weighted by Gasteiger charge is 2.30. The molecular weight excluding hydrogens is 263 g/mol. The third-order valence-electron chi connectivity index (χ3n) is 3.24. The van der Waals surface area contributed by atoms with E-state index in [0.29, 0.717) is 11.4 Å². The van der Waals surface area contributed by atoms with Crippen LogP contribution in [0.3, 0.4) is 0 Å². The highest BCUT2D eigenvalue weighted by atomic mass is 32.2. The maximum absolute atomic E-state index is 13.7. The molecule has 0 saturated carbocycles. The quantitative estimate of drug-likeness (QED) is 0.842. The molecule has 1 amide bonds. The molecule has 0 radical (unpaired) electrons. The van der Waals surface area contributed by atoms with Gasteiger partial charge in [0.1, 0.15) is 11.2 Å². The number of aromatic nitrogens is 1. The second-order valence-corrected chi connectivity index (χ2v) is 5.54. The Hall–Kier alpha value is -1.75. The number of rotatable bonds is 2. The summed E-state index contributed by atoms with van der Waals surface area (Å²) in [5, 5.41) is 0.0283. The number of carbonyl (C=O) groups is 1. The second-order valence-electron chi connectivity index (χ2n) is 4.47. The van der Waals surface area contributed by atoms with E-state index in [1.807, 2.05) is 18.5 Å². The van der Waals surface area contributed by atoms with Crippen molar-refractivity contribution in [3.63, 3.8) is 0 Å². The summed E-state index contributed by atoms with van der Waals surface area (Å²) in [4.78, 5) is 13.3. The molecule has 1 atom stereocenters. The minimum Gasteiger partial charge on any atom is -0.329 e. The highest BCUT2D eigenvalue weighted by molar-refractivity contribution is 8.00. The molecule has 0 bridgehead atoms. The molecular formula is C14H13FN2OS. The molecule has 19 heavy (non-hydrogen) atoms. The summed E-state index contributed by atoms with van der Waals surface area (Å²) >= 11 is 1.59. The summed E-state index contributed by atoms with van der Waals surface area (Å²) in [5.41, 5.74) is 1.53. The lowest BCUT2D eigenvalue weighted by Crippen LogP contribution is -2.22. The molecule has 1 aliphatic rings. The van der Waals surface area contributed by atoms with Crippen LogP contribution in [0.15, 0.2) is 42.7 Å². The second kappa shape index (κ2) is 4.74. The minimum absolute atomic E-state index is 0.0283. The first-order chi connectivity index (χ1) is 9.16. The number of carbonyl (C=O) groups excluding carboxylic acids is 1. The number of hydrogen-bond acceptors (Lipinski definition) is 2. The van der Waals surface area contributed by atoms with E-state index < -0.39 is 0 Å². The molecule has 0 spiro atoms. The molecule has 2 aromatic rings. The number of para-hydroxylation sites is 1. The van der Waals surface area contributed by atoms with Crippen LogP contribution in [0.4, 0.5) is 4.39 Å². The van der Waals surface area contributed by atoms with Gasteiger partial charge in [-0.15, -0.1) is 11.8 Å². The van der Waals surface area contributed by atoms with Crippen LogP contribution in [-0.4, -0.2) is 28.2 Å². The molecule has 1 fully saturated rings. The van der Waals surface area contributed by atoms with Gasteiger partial charge in [-0.1, -0.05) is 12.1 Å². The van der Waals surface area contributed by atoms with E-state index in [9.17, 15) is 9.18 Å². The fourth-order valence-electron chi connectivity index (χ4n) is 2.18. The Morgan fingerprint density at radius 1 is 1.32 bits per heavy atom.